The van der Waals surface area contributed by atoms with Crippen LogP contribution < -0.4 is 16.4 Å². The highest BCUT2D eigenvalue weighted by atomic mass is 19.4. The summed E-state index contributed by atoms with van der Waals surface area (Å²) in [6.07, 6.45) is -3.12. The summed E-state index contributed by atoms with van der Waals surface area (Å²) in [5, 5.41) is 4.43. The van der Waals surface area contributed by atoms with Gasteiger partial charge in [-0.05, 0) is 38.5 Å². The van der Waals surface area contributed by atoms with E-state index < -0.39 is 42.3 Å². The first kappa shape index (κ1) is 21.9. The molecule has 2 heterocycles. The zero-order valence-corrected chi connectivity index (χ0v) is 15.8. The summed E-state index contributed by atoms with van der Waals surface area (Å²) >= 11 is 0. The Morgan fingerprint density at radius 3 is 2.71 bits per heavy atom. The molecule has 0 spiro atoms. The van der Waals surface area contributed by atoms with Crippen LogP contribution in [0, 0.1) is 0 Å². The summed E-state index contributed by atoms with van der Waals surface area (Å²) in [5.41, 5.74) is 5.86. The lowest BCUT2D eigenvalue weighted by Gasteiger charge is -2.22. The van der Waals surface area contributed by atoms with Crippen LogP contribution in [0.1, 0.15) is 26.3 Å². The Balaban J connectivity index is 1.95. The Hall–Kier alpha value is -2.40. The smallest absolute Gasteiger partial charge is 0.374 e. The Morgan fingerprint density at radius 2 is 2.14 bits per heavy atom. The summed E-state index contributed by atoms with van der Waals surface area (Å²) in [5.74, 6) is -0.328. The fraction of sp³-hybridized carbons (Fsp3) is 0.588. The molecule has 2 rings (SSSR count). The minimum absolute atomic E-state index is 0.0157. The molecule has 1 aromatic rings. The Kier molecular flexibility index (Phi) is 6.50. The number of hydrogen-bond donors (Lipinski definition) is 3. The van der Waals surface area contributed by atoms with Gasteiger partial charge in [0, 0.05) is 12.7 Å². The second-order valence-electron chi connectivity index (χ2n) is 7.49. The molecule has 1 aromatic heterocycles. The van der Waals surface area contributed by atoms with Crippen molar-refractivity contribution in [2.75, 3.05) is 18.5 Å². The quantitative estimate of drug-likeness (QED) is 0.669. The number of carbonyl (C=O) groups excluding carboxylic acids is 2. The van der Waals surface area contributed by atoms with Gasteiger partial charge in [0.15, 0.2) is 0 Å². The van der Waals surface area contributed by atoms with Gasteiger partial charge in [0.2, 0.25) is 5.91 Å². The largest absolute Gasteiger partial charge is 0.410 e. The number of ether oxygens (including phenoxy) is 1. The first-order chi connectivity index (χ1) is 12.8. The predicted molar refractivity (Wildman–Crippen MR) is 95.3 cm³/mol. The topological polar surface area (TPSA) is 110 Å². The Bertz CT molecular complexity index is 721. The van der Waals surface area contributed by atoms with Crippen LogP contribution in [0.2, 0.25) is 0 Å². The van der Waals surface area contributed by atoms with Gasteiger partial charge in [-0.3, -0.25) is 4.79 Å². The molecule has 0 bridgehead atoms. The number of alkyl halides is 3. The predicted octanol–water partition coefficient (Wildman–Crippen LogP) is 1.62. The van der Waals surface area contributed by atoms with Crippen LogP contribution in [0.3, 0.4) is 0 Å². The monoisotopic (exact) mass is 403 g/mol. The van der Waals surface area contributed by atoms with Crippen molar-refractivity contribution >= 4 is 17.8 Å². The van der Waals surface area contributed by atoms with Gasteiger partial charge in [0.25, 0.3) is 0 Å². The lowest BCUT2D eigenvalue weighted by molar-refractivity contribution is -0.149. The number of rotatable bonds is 6. The van der Waals surface area contributed by atoms with Gasteiger partial charge in [-0.2, -0.15) is 13.2 Å². The number of halogens is 3. The molecule has 1 saturated heterocycles. The first-order valence-corrected chi connectivity index (χ1v) is 8.62. The van der Waals surface area contributed by atoms with Crippen LogP contribution in [0.5, 0.6) is 0 Å². The number of urea groups is 1. The van der Waals surface area contributed by atoms with Crippen LogP contribution >= 0.6 is 0 Å². The summed E-state index contributed by atoms with van der Waals surface area (Å²) in [4.78, 5) is 28.9. The number of aromatic nitrogens is 1. The van der Waals surface area contributed by atoms with E-state index in [0.29, 0.717) is 5.56 Å². The van der Waals surface area contributed by atoms with Crippen LogP contribution in [-0.4, -0.2) is 58.8 Å². The number of amides is 3. The van der Waals surface area contributed by atoms with Gasteiger partial charge in [-0.25, -0.2) is 9.78 Å². The number of anilines is 1. The molecule has 0 saturated carbocycles. The van der Waals surface area contributed by atoms with E-state index in [1.165, 1.54) is 12.3 Å². The van der Waals surface area contributed by atoms with Gasteiger partial charge in [0.05, 0.1) is 18.8 Å². The van der Waals surface area contributed by atoms with Crippen molar-refractivity contribution in [3.8, 4) is 0 Å². The number of nitrogens with one attached hydrogen (secondary N) is 2. The van der Waals surface area contributed by atoms with Crippen molar-refractivity contribution in [2.24, 2.45) is 5.73 Å². The maximum absolute atomic E-state index is 12.7. The van der Waals surface area contributed by atoms with E-state index in [0.717, 1.165) is 4.90 Å². The number of hydrogen-bond acceptors (Lipinski definition) is 5. The van der Waals surface area contributed by atoms with Crippen LogP contribution in [0.4, 0.5) is 23.8 Å². The normalized spacial score (nSPS) is 18.8. The molecule has 1 fully saturated rings. The van der Waals surface area contributed by atoms with Crippen LogP contribution in [0.25, 0.3) is 0 Å². The highest BCUT2D eigenvalue weighted by Crippen LogP contribution is 2.25. The molecular weight excluding hydrogens is 379 g/mol. The Labute approximate surface area is 160 Å². The number of carbonyl (C=O) groups is 2. The van der Waals surface area contributed by atoms with Gasteiger partial charge < -0.3 is 26.0 Å². The van der Waals surface area contributed by atoms with Gasteiger partial charge >= 0.3 is 12.2 Å². The second kappa shape index (κ2) is 8.31. The molecule has 156 valence electrons. The van der Waals surface area contributed by atoms with E-state index >= 15 is 0 Å². The molecule has 28 heavy (non-hydrogen) atoms. The zero-order valence-electron chi connectivity index (χ0n) is 15.8. The molecule has 11 heteroatoms. The molecule has 0 aliphatic carbocycles. The van der Waals surface area contributed by atoms with E-state index in [4.69, 9.17) is 10.5 Å². The van der Waals surface area contributed by atoms with E-state index in [9.17, 15) is 22.8 Å². The molecule has 8 nitrogen and oxygen atoms in total. The Morgan fingerprint density at radius 1 is 1.46 bits per heavy atom. The number of pyridine rings is 1. The van der Waals surface area contributed by atoms with E-state index in [2.05, 4.69) is 10.3 Å². The van der Waals surface area contributed by atoms with E-state index in [1.54, 1.807) is 6.07 Å². The summed E-state index contributed by atoms with van der Waals surface area (Å²) in [7, 11) is 0. The zero-order chi connectivity index (χ0) is 21.1. The molecule has 0 aromatic carbocycles. The molecular formula is C17H24F3N5O3. The highest BCUT2D eigenvalue weighted by Gasteiger charge is 2.46. The second-order valence-corrected chi connectivity index (χ2v) is 7.49. The SMILES string of the molecule is CC(C)(C)OC[C@@H](N)C(=O)Nc1cc(CN2C[C@@H](C(F)(F)F)NC2=O)ccn1. The van der Waals surface area contributed by atoms with Crippen molar-refractivity contribution in [3.63, 3.8) is 0 Å². The van der Waals surface area contributed by atoms with E-state index in [1.807, 2.05) is 26.1 Å². The molecule has 2 atom stereocenters. The molecule has 3 amide bonds. The average molecular weight is 403 g/mol. The molecule has 0 radical (unpaired) electrons. The lowest BCUT2D eigenvalue weighted by Crippen LogP contribution is -2.41. The molecule has 1 aliphatic heterocycles. The minimum Gasteiger partial charge on any atom is -0.374 e. The van der Waals surface area contributed by atoms with Crippen molar-refractivity contribution in [2.45, 2.75) is 51.2 Å². The molecule has 0 unspecified atom stereocenters. The summed E-state index contributed by atoms with van der Waals surface area (Å²) < 4.78 is 43.7. The average Bonchev–Trinajstić information content (AvgIpc) is 2.93. The van der Waals surface area contributed by atoms with Crippen molar-refractivity contribution in [3.05, 3.63) is 23.9 Å². The standard InChI is InChI=1S/C17H24F3N5O3/c1-16(2,3)28-9-11(21)14(26)24-13-6-10(4-5-22-13)7-25-8-12(17(18,19)20)23-15(25)27/h4-6,11-12H,7-9,21H2,1-3H3,(H,23,27)(H,22,24,26)/t11-,12+/m1/s1. The third-order valence-electron chi connectivity index (χ3n) is 3.86. The third-order valence-corrected chi connectivity index (χ3v) is 3.86. The van der Waals surface area contributed by atoms with Crippen molar-refractivity contribution in [1.29, 1.82) is 0 Å². The number of nitrogens with zero attached hydrogens (tertiary/aromatic N) is 2. The fourth-order valence-corrected chi connectivity index (χ4v) is 2.41. The van der Waals surface area contributed by atoms with Gasteiger partial charge in [-0.15, -0.1) is 0 Å². The minimum atomic E-state index is -4.51. The molecule has 1 aliphatic rings. The van der Waals surface area contributed by atoms with Crippen LogP contribution in [-0.2, 0) is 16.1 Å². The third kappa shape index (κ3) is 6.34. The van der Waals surface area contributed by atoms with E-state index in [-0.39, 0.29) is 19.0 Å². The maximum Gasteiger partial charge on any atom is 0.410 e. The van der Waals surface area contributed by atoms with Gasteiger partial charge in [0.1, 0.15) is 17.9 Å². The van der Waals surface area contributed by atoms with Crippen LogP contribution in [0.15, 0.2) is 18.3 Å². The summed E-state index contributed by atoms with van der Waals surface area (Å²) in [6, 6.07) is -0.592. The highest BCUT2D eigenvalue weighted by molar-refractivity contribution is 5.94. The first-order valence-electron chi connectivity index (χ1n) is 8.62. The summed E-state index contributed by atoms with van der Waals surface area (Å²) in [6.45, 7) is 4.98. The number of nitrogens with two attached hydrogens (primary N) is 1. The van der Waals surface area contributed by atoms with Crippen molar-refractivity contribution < 1.29 is 27.5 Å². The maximum atomic E-state index is 12.7. The van der Waals surface area contributed by atoms with Gasteiger partial charge in [-0.1, -0.05) is 0 Å². The molecule has 4 N–H and O–H groups in total. The fourth-order valence-electron chi connectivity index (χ4n) is 2.41. The van der Waals surface area contributed by atoms with Crippen molar-refractivity contribution in [1.82, 2.24) is 15.2 Å². The lowest BCUT2D eigenvalue weighted by atomic mass is 10.2.